The van der Waals surface area contributed by atoms with Gasteiger partial charge in [-0.2, -0.15) is 0 Å². The Morgan fingerprint density at radius 3 is 1.96 bits per heavy atom. The molecule has 0 aliphatic rings. The van der Waals surface area contributed by atoms with Crippen LogP contribution in [0.25, 0.3) is 11.0 Å². The molecule has 0 radical (unpaired) electrons. The maximum atomic E-state index is 3.62. The lowest BCUT2D eigenvalue weighted by atomic mass is 10.1. The van der Waals surface area contributed by atoms with E-state index in [0.717, 1.165) is 0 Å². The second-order valence-electron chi connectivity index (χ2n) is 6.50. The fraction of sp³-hybridized carbons (Fsp3) is 0.174. The lowest BCUT2D eigenvalue weighted by molar-refractivity contribution is -0.690. The van der Waals surface area contributed by atoms with Crippen LogP contribution in [0, 0.1) is 6.33 Å². The molecule has 4 aromatic rings. The van der Waals surface area contributed by atoms with Crippen LogP contribution in [0.15, 0.2) is 84.9 Å². The van der Waals surface area contributed by atoms with Crippen LogP contribution in [-0.2, 0) is 0 Å². The smallest absolute Gasteiger partial charge is 0.205 e. The van der Waals surface area contributed by atoms with Gasteiger partial charge in [0.1, 0.15) is 0 Å². The minimum Gasteiger partial charge on any atom is -0.338 e. The summed E-state index contributed by atoms with van der Waals surface area (Å²) in [6.07, 6.45) is 3.62. The predicted octanol–water partition coefficient (Wildman–Crippen LogP) is 4.95. The molecular formula is C23H22N2. The zero-order chi connectivity index (χ0) is 17.2. The summed E-state index contributed by atoms with van der Waals surface area (Å²) in [5.74, 6) is 0. The summed E-state index contributed by atoms with van der Waals surface area (Å²) in [5, 5.41) is 0. The van der Waals surface area contributed by atoms with Crippen molar-refractivity contribution in [2.75, 3.05) is 0 Å². The molecule has 0 amide bonds. The quantitative estimate of drug-likeness (QED) is 0.371. The average Bonchev–Trinajstić information content (AvgIpc) is 3.08. The Bertz CT molecular complexity index is 891. The predicted molar refractivity (Wildman–Crippen MR) is 101 cm³/mol. The molecule has 0 spiro atoms. The van der Waals surface area contributed by atoms with E-state index in [0.29, 0.717) is 0 Å². The SMILES string of the molecule is C[C@@H](c1ccccc1)n1[c-][n+]([C@@H](C)c2ccccc2)c2ccccc21. The topological polar surface area (TPSA) is 8.81 Å². The van der Waals surface area contributed by atoms with Crippen molar-refractivity contribution < 1.29 is 4.57 Å². The molecule has 4 rings (SSSR count). The Kier molecular flexibility index (Phi) is 4.10. The van der Waals surface area contributed by atoms with Crippen molar-refractivity contribution in [2.24, 2.45) is 0 Å². The van der Waals surface area contributed by atoms with E-state index in [1.807, 2.05) is 0 Å². The van der Waals surface area contributed by atoms with Crippen LogP contribution in [0.2, 0.25) is 0 Å². The summed E-state index contributed by atoms with van der Waals surface area (Å²) < 4.78 is 4.51. The van der Waals surface area contributed by atoms with Gasteiger partial charge in [-0.15, -0.1) is 0 Å². The molecule has 0 aliphatic carbocycles. The number of para-hydroxylation sites is 2. The first-order valence-electron chi connectivity index (χ1n) is 8.79. The maximum Gasteiger partial charge on any atom is 0.205 e. The standard InChI is InChI=1S/C23H22N2/c1-18(20-11-5-3-6-12-20)24-17-25(23-16-10-9-15-22(23)24)19(2)21-13-7-4-8-14-21/h3-16,18-19H,1-2H3/t18-,19-/m0/s1. The van der Waals surface area contributed by atoms with E-state index in [4.69, 9.17) is 0 Å². The molecule has 0 N–H and O–H groups in total. The van der Waals surface area contributed by atoms with Gasteiger partial charge in [0.15, 0.2) is 0 Å². The fourth-order valence-corrected chi connectivity index (χ4v) is 3.45. The van der Waals surface area contributed by atoms with Gasteiger partial charge in [-0.1, -0.05) is 84.9 Å². The van der Waals surface area contributed by atoms with Crippen LogP contribution in [-0.4, -0.2) is 4.57 Å². The Morgan fingerprint density at radius 1 is 0.720 bits per heavy atom. The molecule has 1 heterocycles. The highest BCUT2D eigenvalue weighted by Crippen LogP contribution is 2.24. The zero-order valence-corrected chi connectivity index (χ0v) is 14.6. The molecule has 0 saturated heterocycles. The van der Waals surface area contributed by atoms with Crippen LogP contribution in [0.4, 0.5) is 0 Å². The van der Waals surface area contributed by atoms with Crippen LogP contribution >= 0.6 is 0 Å². The number of aromatic nitrogens is 2. The molecule has 1 aromatic heterocycles. The van der Waals surface area contributed by atoms with Gasteiger partial charge >= 0.3 is 0 Å². The van der Waals surface area contributed by atoms with E-state index in [1.54, 1.807) is 0 Å². The van der Waals surface area contributed by atoms with Crippen LogP contribution < -0.4 is 4.57 Å². The van der Waals surface area contributed by atoms with Gasteiger partial charge in [-0.25, -0.2) is 0 Å². The first kappa shape index (κ1) is 15.6. The molecule has 2 atom stereocenters. The van der Waals surface area contributed by atoms with E-state index >= 15 is 0 Å². The third-order valence-electron chi connectivity index (χ3n) is 4.95. The number of fused-ring (bicyclic) bond motifs is 1. The van der Waals surface area contributed by atoms with Gasteiger partial charge in [0.25, 0.3) is 0 Å². The number of hydrogen-bond donors (Lipinski definition) is 0. The van der Waals surface area contributed by atoms with Crippen molar-refractivity contribution in [3.8, 4) is 0 Å². The summed E-state index contributed by atoms with van der Waals surface area (Å²) >= 11 is 0. The van der Waals surface area contributed by atoms with Crippen molar-refractivity contribution in [3.05, 3.63) is 102 Å². The molecule has 0 bridgehead atoms. The molecule has 2 nitrogen and oxygen atoms in total. The van der Waals surface area contributed by atoms with E-state index in [1.165, 1.54) is 22.2 Å². The highest BCUT2D eigenvalue weighted by molar-refractivity contribution is 5.72. The summed E-state index contributed by atoms with van der Waals surface area (Å²) in [5.41, 5.74) is 5.00. The highest BCUT2D eigenvalue weighted by Gasteiger charge is 2.17. The fourth-order valence-electron chi connectivity index (χ4n) is 3.45. The monoisotopic (exact) mass is 326 g/mol. The number of benzene rings is 3. The van der Waals surface area contributed by atoms with E-state index in [-0.39, 0.29) is 12.1 Å². The van der Waals surface area contributed by atoms with Crippen LogP contribution in [0.3, 0.4) is 0 Å². The highest BCUT2D eigenvalue weighted by atomic mass is 15.2. The number of hydrogen-bond acceptors (Lipinski definition) is 0. The molecule has 25 heavy (non-hydrogen) atoms. The first-order chi connectivity index (χ1) is 12.3. The Labute approximate surface area is 149 Å². The minimum atomic E-state index is 0.232. The Balaban J connectivity index is 1.85. The third kappa shape index (κ3) is 2.85. The summed E-state index contributed by atoms with van der Waals surface area (Å²) in [6, 6.07) is 30.2. The summed E-state index contributed by atoms with van der Waals surface area (Å²) in [7, 11) is 0. The largest absolute Gasteiger partial charge is 0.338 e. The number of nitrogens with zero attached hydrogens (tertiary/aromatic N) is 2. The summed E-state index contributed by atoms with van der Waals surface area (Å²) in [6.45, 7) is 4.46. The van der Waals surface area contributed by atoms with Crippen molar-refractivity contribution in [3.63, 3.8) is 0 Å². The van der Waals surface area contributed by atoms with Crippen LogP contribution in [0.1, 0.15) is 37.1 Å². The molecule has 0 saturated carbocycles. The molecule has 0 aliphatic heterocycles. The zero-order valence-electron chi connectivity index (χ0n) is 14.6. The van der Waals surface area contributed by atoms with Crippen LogP contribution in [0.5, 0.6) is 0 Å². The normalized spacial score (nSPS) is 13.7. The molecular weight excluding hydrogens is 304 g/mol. The number of rotatable bonds is 4. The van der Waals surface area contributed by atoms with Crippen molar-refractivity contribution >= 4 is 11.0 Å². The minimum absolute atomic E-state index is 0.232. The lowest BCUT2D eigenvalue weighted by Gasteiger charge is -2.14. The van der Waals surface area contributed by atoms with Gasteiger partial charge in [-0.3, -0.25) is 0 Å². The molecule has 3 aromatic carbocycles. The van der Waals surface area contributed by atoms with Gasteiger partial charge < -0.3 is 9.13 Å². The second-order valence-corrected chi connectivity index (χ2v) is 6.50. The maximum absolute atomic E-state index is 3.62. The van der Waals surface area contributed by atoms with Gasteiger partial charge in [0, 0.05) is 11.0 Å². The number of imidazole rings is 1. The van der Waals surface area contributed by atoms with Gasteiger partial charge in [0.05, 0.1) is 12.1 Å². The lowest BCUT2D eigenvalue weighted by Crippen LogP contribution is -2.38. The molecule has 124 valence electrons. The second kappa shape index (κ2) is 6.56. The van der Waals surface area contributed by atoms with E-state index in [2.05, 4.69) is 114 Å². The van der Waals surface area contributed by atoms with Gasteiger partial charge in [0.2, 0.25) is 6.33 Å². The first-order valence-corrected chi connectivity index (χ1v) is 8.79. The average molecular weight is 326 g/mol. The molecule has 0 unspecified atom stereocenters. The van der Waals surface area contributed by atoms with E-state index in [9.17, 15) is 0 Å². The summed E-state index contributed by atoms with van der Waals surface area (Å²) in [4.78, 5) is 0. The molecule has 0 fully saturated rings. The van der Waals surface area contributed by atoms with Crippen molar-refractivity contribution in [1.82, 2.24) is 4.57 Å². The Hall–Kier alpha value is -2.87. The third-order valence-corrected chi connectivity index (χ3v) is 4.95. The Morgan fingerprint density at radius 2 is 1.28 bits per heavy atom. The van der Waals surface area contributed by atoms with Crippen molar-refractivity contribution in [1.29, 1.82) is 0 Å². The van der Waals surface area contributed by atoms with Crippen molar-refractivity contribution in [2.45, 2.75) is 25.9 Å². The van der Waals surface area contributed by atoms with E-state index < -0.39 is 0 Å². The molecule has 2 heteroatoms. The van der Waals surface area contributed by atoms with Gasteiger partial charge in [-0.05, 0) is 25.0 Å².